The van der Waals surface area contributed by atoms with E-state index in [0.29, 0.717) is 6.42 Å². The number of nitrogens with two attached hydrogens (primary N) is 1. The summed E-state index contributed by atoms with van der Waals surface area (Å²) in [6.45, 7) is 1.90. The first-order valence-electron chi connectivity index (χ1n) is 3.59. The second-order valence-corrected chi connectivity index (χ2v) is 3.14. The Balaban J connectivity index is 2.75. The summed E-state index contributed by atoms with van der Waals surface area (Å²) in [5, 5.41) is 8.72. The number of carboxylic acids is 1. The summed E-state index contributed by atoms with van der Waals surface area (Å²) in [5.74, 6) is -0.720. The summed E-state index contributed by atoms with van der Waals surface area (Å²) in [5.41, 5.74) is 4.72. The molecule has 10 heavy (non-hydrogen) atoms. The SMILES string of the molecule is CC1CCCC1(N)C(=O)O. The maximum atomic E-state index is 10.6. The lowest BCUT2D eigenvalue weighted by Crippen LogP contribution is -2.49. The highest BCUT2D eigenvalue weighted by Gasteiger charge is 2.43. The van der Waals surface area contributed by atoms with Crippen molar-refractivity contribution in [3.05, 3.63) is 0 Å². The van der Waals surface area contributed by atoms with Gasteiger partial charge in [0.25, 0.3) is 0 Å². The van der Waals surface area contributed by atoms with Crippen molar-refractivity contribution in [1.82, 2.24) is 0 Å². The first-order chi connectivity index (χ1) is 4.57. The number of rotatable bonds is 1. The lowest BCUT2D eigenvalue weighted by atomic mass is 9.90. The normalized spacial score (nSPS) is 40.0. The van der Waals surface area contributed by atoms with Crippen LogP contribution >= 0.6 is 0 Å². The molecule has 3 N–H and O–H groups in total. The fourth-order valence-electron chi connectivity index (χ4n) is 1.52. The van der Waals surface area contributed by atoms with Crippen molar-refractivity contribution in [2.24, 2.45) is 11.7 Å². The molecule has 0 bridgehead atoms. The zero-order valence-electron chi connectivity index (χ0n) is 6.13. The van der Waals surface area contributed by atoms with Crippen LogP contribution in [-0.2, 0) is 4.79 Å². The molecule has 3 heteroatoms. The Hall–Kier alpha value is -0.570. The summed E-state index contributed by atoms with van der Waals surface area (Å²) in [7, 11) is 0. The van der Waals surface area contributed by atoms with E-state index in [1.165, 1.54) is 0 Å². The van der Waals surface area contributed by atoms with Crippen LogP contribution in [0.5, 0.6) is 0 Å². The van der Waals surface area contributed by atoms with Crippen molar-refractivity contribution in [3.8, 4) is 0 Å². The van der Waals surface area contributed by atoms with Crippen molar-refractivity contribution in [1.29, 1.82) is 0 Å². The van der Waals surface area contributed by atoms with Crippen molar-refractivity contribution in [2.45, 2.75) is 31.7 Å². The molecule has 0 aromatic carbocycles. The number of hydrogen-bond acceptors (Lipinski definition) is 2. The molecule has 0 heterocycles. The molecule has 2 unspecified atom stereocenters. The van der Waals surface area contributed by atoms with Crippen LogP contribution in [0, 0.1) is 5.92 Å². The first-order valence-corrected chi connectivity index (χ1v) is 3.59. The van der Waals surface area contributed by atoms with Crippen molar-refractivity contribution < 1.29 is 9.90 Å². The summed E-state index contributed by atoms with van der Waals surface area (Å²) < 4.78 is 0. The molecular formula is C7H13NO2. The van der Waals surface area contributed by atoms with Gasteiger partial charge in [-0.25, -0.2) is 0 Å². The Kier molecular flexibility index (Phi) is 1.68. The van der Waals surface area contributed by atoms with Gasteiger partial charge in [-0.2, -0.15) is 0 Å². The van der Waals surface area contributed by atoms with Gasteiger partial charge >= 0.3 is 5.97 Å². The highest BCUT2D eigenvalue weighted by atomic mass is 16.4. The Morgan fingerprint density at radius 3 is 2.60 bits per heavy atom. The maximum absolute atomic E-state index is 10.6. The first kappa shape index (κ1) is 7.54. The molecule has 0 saturated heterocycles. The predicted molar refractivity (Wildman–Crippen MR) is 37.6 cm³/mol. The van der Waals surface area contributed by atoms with E-state index in [0.717, 1.165) is 12.8 Å². The van der Waals surface area contributed by atoms with Gasteiger partial charge in [0.05, 0.1) is 0 Å². The molecule has 58 valence electrons. The van der Waals surface area contributed by atoms with Crippen LogP contribution in [-0.4, -0.2) is 16.6 Å². The average Bonchev–Trinajstić information content (AvgIpc) is 2.15. The molecule has 0 aliphatic heterocycles. The number of hydrogen-bond donors (Lipinski definition) is 2. The summed E-state index contributed by atoms with van der Waals surface area (Å²) in [4.78, 5) is 10.6. The maximum Gasteiger partial charge on any atom is 0.323 e. The van der Waals surface area contributed by atoms with Crippen LogP contribution in [0.15, 0.2) is 0 Å². The zero-order chi connectivity index (χ0) is 7.78. The van der Waals surface area contributed by atoms with Crippen LogP contribution < -0.4 is 5.73 Å². The fourth-order valence-corrected chi connectivity index (χ4v) is 1.52. The molecule has 0 amide bonds. The van der Waals surface area contributed by atoms with Crippen molar-refractivity contribution in [2.75, 3.05) is 0 Å². The van der Waals surface area contributed by atoms with Gasteiger partial charge in [-0.15, -0.1) is 0 Å². The molecule has 1 rings (SSSR count). The van der Waals surface area contributed by atoms with E-state index in [4.69, 9.17) is 10.8 Å². The minimum atomic E-state index is -0.931. The van der Waals surface area contributed by atoms with Crippen LogP contribution in [0.2, 0.25) is 0 Å². The number of aliphatic carboxylic acids is 1. The molecule has 0 radical (unpaired) electrons. The van der Waals surface area contributed by atoms with E-state index in [-0.39, 0.29) is 5.92 Å². The lowest BCUT2D eigenvalue weighted by Gasteiger charge is -2.22. The highest BCUT2D eigenvalue weighted by molar-refractivity contribution is 5.79. The predicted octanol–water partition coefficient (Wildman–Crippen LogP) is 0.588. The average molecular weight is 143 g/mol. The highest BCUT2D eigenvalue weighted by Crippen LogP contribution is 2.33. The molecule has 0 aromatic heterocycles. The zero-order valence-corrected chi connectivity index (χ0v) is 6.13. The van der Waals surface area contributed by atoms with Crippen LogP contribution in [0.25, 0.3) is 0 Å². The largest absolute Gasteiger partial charge is 0.480 e. The summed E-state index contributed by atoms with van der Waals surface area (Å²) >= 11 is 0. The van der Waals surface area contributed by atoms with E-state index >= 15 is 0 Å². The van der Waals surface area contributed by atoms with Crippen molar-refractivity contribution in [3.63, 3.8) is 0 Å². The Bertz CT molecular complexity index is 158. The van der Waals surface area contributed by atoms with Crippen LogP contribution in [0.1, 0.15) is 26.2 Å². The van der Waals surface area contributed by atoms with E-state index in [2.05, 4.69) is 0 Å². The molecule has 1 saturated carbocycles. The fraction of sp³-hybridized carbons (Fsp3) is 0.857. The topological polar surface area (TPSA) is 63.3 Å². The lowest BCUT2D eigenvalue weighted by molar-refractivity contribution is -0.144. The molecule has 0 aromatic rings. The van der Waals surface area contributed by atoms with E-state index in [1.54, 1.807) is 0 Å². The third-order valence-electron chi connectivity index (χ3n) is 2.51. The molecular weight excluding hydrogens is 130 g/mol. The van der Waals surface area contributed by atoms with Gasteiger partial charge in [-0.3, -0.25) is 4.79 Å². The minimum absolute atomic E-state index is 0.130. The van der Waals surface area contributed by atoms with Gasteiger partial charge < -0.3 is 10.8 Å². The van der Waals surface area contributed by atoms with Gasteiger partial charge in [-0.05, 0) is 18.8 Å². The second-order valence-electron chi connectivity index (χ2n) is 3.14. The van der Waals surface area contributed by atoms with Gasteiger partial charge in [0.2, 0.25) is 0 Å². The summed E-state index contributed by atoms with van der Waals surface area (Å²) in [6.07, 6.45) is 2.52. The quantitative estimate of drug-likeness (QED) is 0.564. The molecule has 2 atom stereocenters. The van der Waals surface area contributed by atoms with Crippen molar-refractivity contribution >= 4 is 5.97 Å². The monoisotopic (exact) mass is 143 g/mol. The Labute approximate surface area is 60.2 Å². The standard InChI is InChI=1S/C7H13NO2/c1-5-3-2-4-7(5,8)6(9)10/h5H,2-4,8H2,1H3,(H,9,10). The Morgan fingerprint density at radius 2 is 2.40 bits per heavy atom. The number of carboxylic acid groups (broad SMARTS) is 1. The summed E-state index contributed by atoms with van der Waals surface area (Å²) in [6, 6.07) is 0. The third-order valence-corrected chi connectivity index (χ3v) is 2.51. The Morgan fingerprint density at radius 1 is 1.80 bits per heavy atom. The van der Waals surface area contributed by atoms with Gasteiger partial charge in [0.1, 0.15) is 5.54 Å². The van der Waals surface area contributed by atoms with Crippen LogP contribution in [0.4, 0.5) is 0 Å². The van der Waals surface area contributed by atoms with E-state index < -0.39 is 11.5 Å². The number of carbonyl (C=O) groups is 1. The third kappa shape index (κ3) is 0.904. The van der Waals surface area contributed by atoms with Gasteiger partial charge in [-0.1, -0.05) is 13.3 Å². The molecule has 1 aliphatic rings. The minimum Gasteiger partial charge on any atom is -0.480 e. The van der Waals surface area contributed by atoms with Gasteiger partial charge in [0.15, 0.2) is 0 Å². The smallest absolute Gasteiger partial charge is 0.323 e. The molecule has 1 aliphatic carbocycles. The van der Waals surface area contributed by atoms with Gasteiger partial charge in [0, 0.05) is 0 Å². The van der Waals surface area contributed by atoms with Crippen LogP contribution in [0.3, 0.4) is 0 Å². The van der Waals surface area contributed by atoms with E-state index in [9.17, 15) is 4.79 Å². The molecule has 1 fully saturated rings. The second kappa shape index (κ2) is 2.23. The van der Waals surface area contributed by atoms with E-state index in [1.807, 2.05) is 6.92 Å². The molecule has 0 spiro atoms. The molecule has 3 nitrogen and oxygen atoms in total.